The summed E-state index contributed by atoms with van der Waals surface area (Å²) in [6.07, 6.45) is 4.26. The van der Waals surface area contributed by atoms with E-state index in [1.807, 2.05) is 0 Å². The van der Waals surface area contributed by atoms with Crippen molar-refractivity contribution in [1.29, 1.82) is 0 Å². The zero-order valence-electron chi connectivity index (χ0n) is 9.87. The maximum Gasteiger partial charge on any atom is 0.139 e. The molecule has 0 saturated carbocycles. The first-order valence-corrected chi connectivity index (χ1v) is 6.00. The van der Waals surface area contributed by atoms with Crippen LogP contribution in [0.4, 0.5) is 0 Å². The summed E-state index contributed by atoms with van der Waals surface area (Å²) >= 11 is 5.79. The molecule has 0 atom stereocenters. The molecular weight excluding hydrogens is 224 g/mol. The zero-order chi connectivity index (χ0) is 11.8. The van der Waals surface area contributed by atoms with Gasteiger partial charge in [-0.3, -0.25) is 4.98 Å². The molecule has 1 aromatic heterocycles. The Bertz CT molecular complexity index is 305. The van der Waals surface area contributed by atoms with E-state index in [4.69, 9.17) is 16.3 Å². The Balaban J connectivity index is 2.07. The average Bonchev–Trinajstić information content (AvgIpc) is 2.23. The predicted molar refractivity (Wildman–Crippen MR) is 67.1 cm³/mol. The fourth-order valence-corrected chi connectivity index (χ4v) is 1.41. The van der Waals surface area contributed by atoms with Crippen LogP contribution in [-0.2, 0) is 0 Å². The first kappa shape index (κ1) is 13.3. The lowest BCUT2D eigenvalue weighted by Gasteiger charge is -2.08. The summed E-state index contributed by atoms with van der Waals surface area (Å²) in [6.45, 7) is 7.11. The van der Waals surface area contributed by atoms with Gasteiger partial charge in [-0.15, -0.1) is 0 Å². The van der Waals surface area contributed by atoms with Gasteiger partial charge in [0.05, 0.1) is 17.8 Å². The summed E-state index contributed by atoms with van der Waals surface area (Å²) in [7, 11) is 0. The second-order valence-electron chi connectivity index (χ2n) is 4.14. The van der Waals surface area contributed by atoms with E-state index in [1.165, 1.54) is 0 Å². The van der Waals surface area contributed by atoms with Gasteiger partial charge in [0.25, 0.3) is 0 Å². The van der Waals surface area contributed by atoms with Crippen molar-refractivity contribution in [3.05, 3.63) is 23.5 Å². The van der Waals surface area contributed by atoms with Crippen LogP contribution >= 0.6 is 11.6 Å². The molecule has 0 aliphatic heterocycles. The van der Waals surface area contributed by atoms with Crippen molar-refractivity contribution in [3.8, 4) is 5.75 Å². The van der Waals surface area contributed by atoms with Gasteiger partial charge in [0.1, 0.15) is 5.75 Å². The standard InChI is InChI=1S/C12H19ClN2O/c1-10(2)7-14-4-3-5-16-12-6-11(13)8-15-9-12/h6,8-10,14H,3-5,7H2,1-2H3. The van der Waals surface area contributed by atoms with E-state index in [9.17, 15) is 0 Å². The molecule has 0 aliphatic carbocycles. The molecule has 0 unspecified atom stereocenters. The quantitative estimate of drug-likeness (QED) is 0.747. The number of rotatable bonds is 7. The van der Waals surface area contributed by atoms with Crippen molar-refractivity contribution in [2.24, 2.45) is 5.92 Å². The number of pyridine rings is 1. The minimum atomic E-state index is 0.607. The van der Waals surface area contributed by atoms with Crippen molar-refractivity contribution >= 4 is 11.6 Å². The molecule has 0 aliphatic rings. The Morgan fingerprint density at radius 1 is 1.44 bits per heavy atom. The van der Waals surface area contributed by atoms with Crippen LogP contribution in [0, 0.1) is 5.92 Å². The number of nitrogens with zero attached hydrogens (tertiary/aromatic N) is 1. The van der Waals surface area contributed by atoms with Gasteiger partial charge in [0.2, 0.25) is 0 Å². The van der Waals surface area contributed by atoms with Crippen molar-refractivity contribution in [1.82, 2.24) is 10.3 Å². The molecule has 90 valence electrons. The Morgan fingerprint density at radius 2 is 2.25 bits per heavy atom. The second kappa shape index (κ2) is 7.47. The molecule has 0 spiro atoms. The number of ether oxygens (including phenoxy) is 1. The second-order valence-corrected chi connectivity index (χ2v) is 4.58. The van der Waals surface area contributed by atoms with Gasteiger partial charge in [-0.2, -0.15) is 0 Å². The Hall–Kier alpha value is -0.800. The number of halogens is 1. The van der Waals surface area contributed by atoms with Gasteiger partial charge < -0.3 is 10.1 Å². The van der Waals surface area contributed by atoms with Gasteiger partial charge in [0, 0.05) is 12.3 Å². The van der Waals surface area contributed by atoms with Crippen LogP contribution in [0.2, 0.25) is 5.02 Å². The maximum absolute atomic E-state index is 5.79. The molecule has 1 heterocycles. The number of hydrogen-bond acceptors (Lipinski definition) is 3. The van der Waals surface area contributed by atoms with E-state index in [0.717, 1.165) is 25.3 Å². The lowest BCUT2D eigenvalue weighted by atomic mass is 10.2. The zero-order valence-corrected chi connectivity index (χ0v) is 10.6. The van der Waals surface area contributed by atoms with E-state index in [-0.39, 0.29) is 0 Å². The molecule has 0 saturated heterocycles. The number of aromatic nitrogens is 1. The van der Waals surface area contributed by atoms with E-state index in [0.29, 0.717) is 17.5 Å². The molecule has 1 rings (SSSR count). The smallest absolute Gasteiger partial charge is 0.139 e. The van der Waals surface area contributed by atoms with E-state index in [2.05, 4.69) is 24.1 Å². The summed E-state index contributed by atoms with van der Waals surface area (Å²) in [5.41, 5.74) is 0. The highest BCUT2D eigenvalue weighted by Crippen LogP contribution is 2.14. The molecule has 0 amide bonds. The minimum Gasteiger partial charge on any atom is -0.492 e. The topological polar surface area (TPSA) is 34.1 Å². The fourth-order valence-electron chi connectivity index (χ4n) is 1.25. The molecule has 4 heteroatoms. The van der Waals surface area contributed by atoms with Gasteiger partial charge in [-0.1, -0.05) is 25.4 Å². The van der Waals surface area contributed by atoms with Gasteiger partial charge in [-0.25, -0.2) is 0 Å². The molecule has 1 aromatic rings. The van der Waals surface area contributed by atoms with Crippen LogP contribution in [0.3, 0.4) is 0 Å². The maximum atomic E-state index is 5.79. The fraction of sp³-hybridized carbons (Fsp3) is 0.583. The summed E-state index contributed by atoms with van der Waals surface area (Å²) in [4.78, 5) is 3.95. The van der Waals surface area contributed by atoms with Crippen LogP contribution in [-0.4, -0.2) is 24.7 Å². The SMILES string of the molecule is CC(C)CNCCCOc1cncc(Cl)c1. The lowest BCUT2D eigenvalue weighted by Crippen LogP contribution is -2.22. The summed E-state index contributed by atoms with van der Waals surface area (Å²) in [5, 5.41) is 3.97. The predicted octanol–water partition coefficient (Wildman–Crippen LogP) is 2.75. The van der Waals surface area contributed by atoms with Crippen LogP contribution in [0.25, 0.3) is 0 Å². The van der Waals surface area contributed by atoms with Gasteiger partial charge >= 0.3 is 0 Å². The molecule has 0 fully saturated rings. The summed E-state index contributed by atoms with van der Waals surface area (Å²) in [5.74, 6) is 1.43. The van der Waals surface area contributed by atoms with Crippen molar-refractivity contribution < 1.29 is 4.74 Å². The Kier molecular flexibility index (Phi) is 6.19. The number of nitrogens with one attached hydrogen (secondary N) is 1. The summed E-state index contributed by atoms with van der Waals surface area (Å²) in [6, 6.07) is 1.77. The van der Waals surface area contributed by atoms with Crippen LogP contribution in [0.1, 0.15) is 20.3 Å². The van der Waals surface area contributed by atoms with Crippen LogP contribution in [0.15, 0.2) is 18.5 Å². The molecule has 0 radical (unpaired) electrons. The highest BCUT2D eigenvalue weighted by atomic mass is 35.5. The van der Waals surface area contributed by atoms with Crippen molar-refractivity contribution in [3.63, 3.8) is 0 Å². The Labute approximate surface area is 102 Å². The van der Waals surface area contributed by atoms with Crippen LogP contribution in [0.5, 0.6) is 5.75 Å². The van der Waals surface area contributed by atoms with Crippen molar-refractivity contribution in [2.75, 3.05) is 19.7 Å². The third kappa shape index (κ3) is 5.93. The van der Waals surface area contributed by atoms with Gasteiger partial charge in [-0.05, 0) is 25.4 Å². The first-order valence-electron chi connectivity index (χ1n) is 5.62. The molecule has 16 heavy (non-hydrogen) atoms. The monoisotopic (exact) mass is 242 g/mol. The van der Waals surface area contributed by atoms with E-state index < -0.39 is 0 Å². The normalized spacial score (nSPS) is 10.8. The Morgan fingerprint density at radius 3 is 2.94 bits per heavy atom. The van der Waals surface area contributed by atoms with E-state index in [1.54, 1.807) is 18.5 Å². The average molecular weight is 243 g/mol. The van der Waals surface area contributed by atoms with Gasteiger partial charge in [0.15, 0.2) is 0 Å². The third-order valence-electron chi connectivity index (χ3n) is 2.00. The minimum absolute atomic E-state index is 0.607. The highest BCUT2D eigenvalue weighted by molar-refractivity contribution is 6.30. The van der Waals surface area contributed by atoms with Crippen molar-refractivity contribution in [2.45, 2.75) is 20.3 Å². The molecular formula is C12H19ClN2O. The molecule has 0 aromatic carbocycles. The number of hydrogen-bond donors (Lipinski definition) is 1. The largest absolute Gasteiger partial charge is 0.492 e. The third-order valence-corrected chi connectivity index (χ3v) is 2.21. The highest BCUT2D eigenvalue weighted by Gasteiger charge is 1.96. The molecule has 3 nitrogen and oxygen atoms in total. The van der Waals surface area contributed by atoms with Crippen LogP contribution < -0.4 is 10.1 Å². The summed E-state index contributed by atoms with van der Waals surface area (Å²) < 4.78 is 5.51. The lowest BCUT2D eigenvalue weighted by molar-refractivity contribution is 0.306. The van der Waals surface area contributed by atoms with E-state index >= 15 is 0 Å². The molecule has 1 N–H and O–H groups in total. The first-order chi connectivity index (χ1) is 7.68. The molecule has 0 bridgehead atoms.